The monoisotopic (exact) mass is 569 g/mol. The lowest BCUT2D eigenvalue weighted by Gasteiger charge is -2.50. The second-order valence-electron chi connectivity index (χ2n) is 12.5. The molecule has 1 fully saturated rings. The van der Waals surface area contributed by atoms with E-state index in [0.29, 0.717) is 29.7 Å². The number of Topliss-reactive ketones (excluding diaryl/α,β-unsaturated/α-hetero) is 2. The summed E-state index contributed by atoms with van der Waals surface area (Å²) in [5.74, 6) is -5.17. The maximum atomic E-state index is 13.9. The zero-order valence-corrected chi connectivity index (χ0v) is 24.1. The van der Waals surface area contributed by atoms with Crippen LogP contribution < -0.4 is 10.5 Å². The molecule has 11 nitrogen and oxygen atoms in total. The first kappa shape index (κ1) is 29.1. The Hall–Kier alpha value is -3.41. The number of fused-ring (bicyclic) bond motifs is 3. The fourth-order valence-corrected chi connectivity index (χ4v) is 7.90. The molecule has 1 aromatic rings. The Kier molecular flexibility index (Phi) is 7.20. The lowest BCUT2D eigenvalue weighted by Crippen LogP contribution is -2.63. The summed E-state index contributed by atoms with van der Waals surface area (Å²) in [6.45, 7) is 6.75. The second-order valence-corrected chi connectivity index (χ2v) is 12.5. The van der Waals surface area contributed by atoms with E-state index in [-0.39, 0.29) is 29.7 Å². The Morgan fingerprint density at radius 2 is 1.78 bits per heavy atom. The van der Waals surface area contributed by atoms with Crippen LogP contribution in [0.2, 0.25) is 0 Å². The number of hydrogen-bond acceptors (Lipinski definition) is 10. The van der Waals surface area contributed by atoms with Crippen LogP contribution >= 0.6 is 0 Å². The van der Waals surface area contributed by atoms with Gasteiger partial charge in [-0.1, -0.05) is 13.8 Å². The van der Waals surface area contributed by atoms with Crippen molar-refractivity contribution < 1.29 is 39.5 Å². The number of primary amides is 1. The number of benzene rings is 1. The van der Waals surface area contributed by atoms with Crippen LogP contribution in [0.1, 0.15) is 48.2 Å². The van der Waals surface area contributed by atoms with Gasteiger partial charge in [-0.05, 0) is 57.2 Å². The minimum absolute atomic E-state index is 0.0288. The van der Waals surface area contributed by atoms with Gasteiger partial charge < -0.3 is 30.9 Å². The molecule has 1 amide bonds. The number of rotatable bonds is 5. The number of methoxy groups -OCH3 is 1. The fraction of sp³-hybridized carbons (Fsp3) is 0.567. The van der Waals surface area contributed by atoms with Crippen LogP contribution in [0.4, 0.5) is 0 Å². The quantitative estimate of drug-likeness (QED) is 0.328. The molecule has 0 bridgehead atoms. The number of allylic oxidation sites excluding steroid dienone is 1. The molecule has 5 rings (SSSR count). The van der Waals surface area contributed by atoms with Gasteiger partial charge in [-0.15, -0.1) is 0 Å². The molecular formula is C30H39N3O8. The van der Waals surface area contributed by atoms with E-state index in [2.05, 4.69) is 18.7 Å². The molecule has 1 aromatic carbocycles. The number of ketones is 2. The summed E-state index contributed by atoms with van der Waals surface area (Å²) in [7, 11) is 4.71. The van der Waals surface area contributed by atoms with Crippen LogP contribution in [0.15, 0.2) is 28.7 Å². The standard InChI is InChI=1S/C30H39N3O8/c1-13-6-14(2)11-33(10-13)12-16-9-19(34)21-17(26(16)41-5)7-15-8-18-23(32(3)4)25(36)22(29(31)39)28(38)30(18,40)27(37)20(15)24(21)35/h9,13-15,18,23,34,36-37,40H,6-8,10-12H2,1-5H3,(H2,31,39)/t13?,14?,15-,18-,23-,30-/m0/s1. The Morgan fingerprint density at radius 3 is 2.34 bits per heavy atom. The molecule has 4 aliphatic rings. The van der Waals surface area contributed by atoms with Gasteiger partial charge in [0.05, 0.1) is 18.7 Å². The summed E-state index contributed by atoms with van der Waals surface area (Å²) in [5.41, 5.74) is 2.91. The van der Waals surface area contributed by atoms with Crippen LogP contribution in [0, 0.1) is 23.7 Å². The first-order chi connectivity index (χ1) is 19.2. The van der Waals surface area contributed by atoms with E-state index < -0.39 is 58.0 Å². The highest BCUT2D eigenvalue weighted by molar-refractivity contribution is 6.24. The smallest absolute Gasteiger partial charge is 0.255 e. The predicted octanol–water partition coefficient (Wildman–Crippen LogP) is 1.61. The number of aliphatic hydroxyl groups is 3. The highest BCUT2D eigenvalue weighted by atomic mass is 16.5. The number of aliphatic hydroxyl groups excluding tert-OH is 2. The van der Waals surface area contributed by atoms with Crippen molar-refractivity contribution in [3.8, 4) is 11.5 Å². The van der Waals surface area contributed by atoms with Gasteiger partial charge in [0.1, 0.15) is 28.6 Å². The van der Waals surface area contributed by atoms with Gasteiger partial charge in [0, 0.05) is 42.3 Å². The van der Waals surface area contributed by atoms with Gasteiger partial charge in [-0.25, -0.2) is 0 Å². The zero-order valence-electron chi connectivity index (χ0n) is 24.1. The molecule has 1 heterocycles. The molecule has 2 unspecified atom stereocenters. The number of likely N-dealkylation sites (N-methyl/N-ethyl adjacent to an activating group) is 1. The number of amides is 1. The first-order valence-corrected chi connectivity index (χ1v) is 14.0. The van der Waals surface area contributed by atoms with Gasteiger partial charge in [-0.2, -0.15) is 0 Å². The van der Waals surface area contributed by atoms with Crippen molar-refractivity contribution in [3.63, 3.8) is 0 Å². The van der Waals surface area contributed by atoms with E-state index in [1.807, 2.05) is 0 Å². The van der Waals surface area contributed by atoms with Gasteiger partial charge >= 0.3 is 0 Å². The number of ether oxygens (including phenoxy) is 1. The van der Waals surface area contributed by atoms with Crippen molar-refractivity contribution >= 4 is 17.5 Å². The number of hydrogen-bond donors (Lipinski definition) is 5. The molecule has 41 heavy (non-hydrogen) atoms. The number of carbonyl (C=O) groups excluding carboxylic acids is 3. The SMILES string of the molecule is COc1c(CN2CC(C)CC(C)C2)cc(O)c2c1C[C@H]1C[C@H]3[C@H](N(C)C)C(O)=C(C(N)=O)C(=O)[C@@]3(O)C(O)=C1C2=O. The topological polar surface area (TPSA) is 174 Å². The third-order valence-corrected chi connectivity index (χ3v) is 9.29. The van der Waals surface area contributed by atoms with Crippen LogP contribution in [0.25, 0.3) is 0 Å². The van der Waals surface area contributed by atoms with Crippen LogP contribution in [-0.4, -0.2) is 93.6 Å². The van der Waals surface area contributed by atoms with E-state index in [4.69, 9.17) is 10.5 Å². The summed E-state index contributed by atoms with van der Waals surface area (Å²) in [6.07, 6.45) is 1.36. The van der Waals surface area contributed by atoms with E-state index in [1.54, 1.807) is 14.1 Å². The van der Waals surface area contributed by atoms with E-state index in [1.165, 1.54) is 18.1 Å². The average Bonchev–Trinajstić information content (AvgIpc) is 2.85. The average molecular weight is 570 g/mol. The molecule has 0 aromatic heterocycles. The summed E-state index contributed by atoms with van der Waals surface area (Å²) in [6, 6.07) is 0.475. The molecule has 6 atom stereocenters. The summed E-state index contributed by atoms with van der Waals surface area (Å²) in [5, 5.41) is 45.2. The third-order valence-electron chi connectivity index (χ3n) is 9.29. The highest BCUT2D eigenvalue weighted by Gasteiger charge is 2.63. The summed E-state index contributed by atoms with van der Waals surface area (Å²) >= 11 is 0. The van der Waals surface area contributed by atoms with Gasteiger partial charge in [0.2, 0.25) is 5.78 Å². The number of piperidine rings is 1. The molecule has 0 spiro atoms. The number of nitrogens with two attached hydrogens (primary N) is 1. The van der Waals surface area contributed by atoms with E-state index in [9.17, 15) is 34.8 Å². The summed E-state index contributed by atoms with van der Waals surface area (Å²) in [4.78, 5) is 43.3. The van der Waals surface area contributed by atoms with Crippen LogP contribution in [0.3, 0.4) is 0 Å². The van der Waals surface area contributed by atoms with Crippen molar-refractivity contribution in [1.29, 1.82) is 0 Å². The number of aromatic hydroxyl groups is 1. The molecule has 1 aliphatic heterocycles. The molecule has 11 heteroatoms. The summed E-state index contributed by atoms with van der Waals surface area (Å²) < 4.78 is 5.83. The van der Waals surface area contributed by atoms with Crippen molar-refractivity contribution in [2.24, 2.45) is 29.4 Å². The molecule has 0 radical (unpaired) electrons. The molecule has 6 N–H and O–H groups in total. The molecule has 3 aliphatic carbocycles. The van der Waals surface area contributed by atoms with Gasteiger partial charge in [0.25, 0.3) is 5.91 Å². The largest absolute Gasteiger partial charge is 0.510 e. The van der Waals surface area contributed by atoms with Gasteiger partial charge in [-0.3, -0.25) is 24.2 Å². The van der Waals surface area contributed by atoms with Crippen LogP contribution in [-0.2, 0) is 22.6 Å². The van der Waals surface area contributed by atoms with Crippen molar-refractivity contribution in [2.45, 2.75) is 51.3 Å². The normalized spacial score (nSPS) is 32.1. The van der Waals surface area contributed by atoms with Crippen molar-refractivity contribution in [2.75, 3.05) is 34.3 Å². The number of carbonyl (C=O) groups is 3. The Morgan fingerprint density at radius 1 is 1.15 bits per heavy atom. The van der Waals surface area contributed by atoms with Crippen molar-refractivity contribution in [1.82, 2.24) is 9.80 Å². The Balaban J connectivity index is 1.62. The number of nitrogens with zero attached hydrogens (tertiary/aromatic N) is 2. The first-order valence-electron chi connectivity index (χ1n) is 14.0. The number of phenolic OH excluding ortho intramolecular Hbond substituents is 1. The van der Waals surface area contributed by atoms with Gasteiger partial charge in [0.15, 0.2) is 11.4 Å². The predicted molar refractivity (Wildman–Crippen MR) is 148 cm³/mol. The van der Waals surface area contributed by atoms with Crippen molar-refractivity contribution in [3.05, 3.63) is 45.4 Å². The third kappa shape index (κ3) is 4.33. The zero-order chi connectivity index (χ0) is 30.1. The Bertz CT molecular complexity index is 1390. The minimum atomic E-state index is -2.66. The molecule has 1 saturated heterocycles. The minimum Gasteiger partial charge on any atom is -0.510 e. The van der Waals surface area contributed by atoms with E-state index in [0.717, 1.165) is 25.1 Å². The molecule has 0 saturated carbocycles. The maximum Gasteiger partial charge on any atom is 0.255 e. The number of likely N-dealkylation sites (tertiary alicyclic amines) is 1. The second kappa shape index (κ2) is 10.1. The van der Waals surface area contributed by atoms with Crippen LogP contribution in [0.5, 0.6) is 11.5 Å². The maximum absolute atomic E-state index is 13.9. The lowest BCUT2D eigenvalue weighted by atomic mass is 9.58. The lowest BCUT2D eigenvalue weighted by molar-refractivity contribution is -0.148. The Labute approximate surface area is 238 Å². The van der Waals surface area contributed by atoms with E-state index >= 15 is 0 Å². The molecular weight excluding hydrogens is 530 g/mol. The molecule has 222 valence electrons. The number of phenols is 1. The fourth-order valence-electron chi connectivity index (χ4n) is 7.90. The highest BCUT2D eigenvalue weighted by Crippen LogP contribution is 2.53.